The SMILES string of the molecule is CC\C=C/C=C\C=C/CCCCCCCCCC(=O)OC(COC(=O)CCCCCCC\C=C/C=C\C=C/C=C\C=C/CCC)COC(=O)CCCCCCCCCCC. The number of hydrogen-bond donors (Lipinski definition) is 0. The minimum absolute atomic E-state index is 0.0913. The molecular formula is C54H88O6. The van der Waals surface area contributed by atoms with Crippen LogP contribution in [0.2, 0.25) is 0 Å². The van der Waals surface area contributed by atoms with Gasteiger partial charge in [-0.1, -0.05) is 227 Å². The van der Waals surface area contributed by atoms with Gasteiger partial charge in [-0.3, -0.25) is 14.4 Å². The van der Waals surface area contributed by atoms with E-state index in [1.165, 1.54) is 64.2 Å². The van der Waals surface area contributed by atoms with E-state index in [9.17, 15) is 14.4 Å². The minimum Gasteiger partial charge on any atom is -0.462 e. The minimum atomic E-state index is -0.792. The maximum absolute atomic E-state index is 12.8. The molecule has 0 aromatic carbocycles. The molecule has 0 aromatic rings. The smallest absolute Gasteiger partial charge is 0.306 e. The first kappa shape index (κ1) is 56.3. The van der Waals surface area contributed by atoms with Crippen molar-refractivity contribution < 1.29 is 28.6 Å². The summed E-state index contributed by atoms with van der Waals surface area (Å²) in [5.74, 6) is -0.938. The van der Waals surface area contributed by atoms with Crippen molar-refractivity contribution in [2.24, 2.45) is 0 Å². The molecule has 0 heterocycles. The third-order valence-electron chi connectivity index (χ3n) is 9.99. The Morgan fingerprint density at radius 1 is 0.350 bits per heavy atom. The summed E-state index contributed by atoms with van der Waals surface area (Å²) in [6, 6.07) is 0. The van der Waals surface area contributed by atoms with E-state index >= 15 is 0 Å². The number of ether oxygens (including phenoxy) is 3. The third kappa shape index (κ3) is 45.4. The highest BCUT2D eigenvalue weighted by molar-refractivity contribution is 5.71. The molecule has 6 heteroatoms. The fraction of sp³-hybridized carbons (Fsp3) is 0.648. The second kappa shape index (κ2) is 48.0. The average molecular weight is 833 g/mol. The van der Waals surface area contributed by atoms with Crippen LogP contribution in [0.15, 0.2) is 97.2 Å². The molecule has 0 radical (unpaired) electrons. The van der Waals surface area contributed by atoms with Crippen LogP contribution in [0.5, 0.6) is 0 Å². The summed E-state index contributed by atoms with van der Waals surface area (Å²) in [6.07, 6.45) is 62.4. The van der Waals surface area contributed by atoms with Crippen molar-refractivity contribution >= 4 is 17.9 Å². The maximum Gasteiger partial charge on any atom is 0.306 e. The molecule has 1 atom stereocenters. The first-order valence-corrected chi connectivity index (χ1v) is 24.3. The van der Waals surface area contributed by atoms with Gasteiger partial charge in [0.1, 0.15) is 13.2 Å². The zero-order chi connectivity index (χ0) is 43.7. The van der Waals surface area contributed by atoms with Crippen LogP contribution in [0.4, 0.5) is 0 Å². The van der Waals surface area contributed by atoms with Crippen LogP contribution in [0, 0.1) is 0 Å². The van der Waals surface area contributed by atoms with E-state index in [1.807, 2.05) is 30.4 Å². The predicted molar refractivity (Wildman–Crippen MR) is 256 cm³/mol. The van der Waals surface area contributed by atoms with Gasteiger partial charge in [0.05, 0.1) is 0 Å². The number of esters is 3. The van der Waals surface area contributed by atoms with Crippen molar-refractivity contribution in [2.45, 2.75) is 213 Å². The Kier molecular flexibility index (Phi) is 45.1. The highest BCUT2D eigenvalue weighted by atomic mass is 16.6. The van der Waals surface area contributed by atoms with E-state index in [0.717, 1.165) is 103 Å². The van der Waals surface area contributed by atoms with Gasteiger partial charge in [0.15, 0.2) is 6.10 Å². The van der Waals surface area contributed by atoms with Crippen molar-refractivity contribution in [3.63, 3.8) is 0 Å². The summed E-state index contributed by atoms with van der Waals surface area (Å²) in [7, 11) is 0. The topological polar surface area (TPSA) is 78.9 Å². The maximum atomic E-state index is 12.8. The second-order valence-corrected chi connectivity index (χ2v) is 15.8. The van der Waals surface area contributed by atoms with Crippen LogP contribution < -0.4 is 0 Å². The molecule has 0 bridgehead atoms. The summed E-state index contributed by atoms with van der Waals surface area (Å²) < 4.78 is 16.7. The van der Waals surface area contributed by atoms with Crippen LogP contribution in [-0.4, -0.2) is 37.2 Å². The van der Waals surface area contributed by atoms with Crippen molar-refractivity contribution in [1.29, 1.82) is 0 Å². The Hall–Kier alpha value is -3.67. The molecule has 0 saturated carbocycles. The van der Waals surface area contributed by atoms with Gasteiger partial charge in [-0.05, 0) is 57.8 Å². The average Bonchev–Trinajstić information content (AvgIpc) is 3.24. The van der Waals surface area contributed by atoms with E-state index in [0.29, 0.717) is 19.3 Å². The molecule has 0 aromatic heterocycles. The number of rotatable bonds is 42. The van der Waals surface area contributed by atoms with E-state index in [1.54, 1.807) is 0 Å². The molecule has 0 aliphatic heterocycles. The molecule has 0 spiro atoms. The van der Waals surface area contributed by atoms with Gasteiger partial charge in [0.2, 0.25) is 0 Å². The van der Waals surface area contributed by atoms with E-state index in [2.05, 4.69) is 87.6 Å². The van der Waals surface area contributed by atoms with E-state index in [4.69, 9.17) is 14.2 Å². The molecule has 0 fully saturated rings. The van der Waals surface area contributed by atoms with Gasteiger partial charge in [-0.2, -0.15) is 0 Å². The number of unbranched alkanes of at least 4 members (excludes halogenated alkanes) is 21. The Bertz CT molecular complexity index is 1230. The lowest BCUT2D eigenvalue weighted by Gasteiger charge is -2.18. The summed E-state index contributed by atoms with van der Waals surface area (Å²) in [5, 5.41) is 0. The molecule has 0 rings (SSSR count). The number of allylic oxidation sites excluding steroid dienone is 16. The lowest BCUT2D eigenvalue weighted by atomic mass is 10.1. The largest absolute Gasteiger partial charge is 0.462 e. The van der Waals surface area contributed by atoms with Crippen molar-refractivity contribution in [1.82, 2.24) is 0 Å². The highest BCUT2D eigenvalue weighted by Crippen LogP contribution is 2.14. The summed E-state index contributed by atoms with van der Waals surface area (Å²) in [4.78, 5) is 37.8. The fourth-order valence-electron chi connectivity index (χ4n) is 6.35. The molecule has 0 saturated heterocycles. The molecule has 0 aliphatic rings. The highest BCUT2D eigenvalue weighted by Gasteiger charge is 2.19. The van der Waals surface area contributed by atoms with Gasteiger partial charge in [-0.15, -0.1) is 0 Å². The fourth-order valence-corrected chi connectivity index (χ4v) is 6.35. The van der Waals surface area contributed by atoms with Crippen molar-refractivity contribution in [3.8, 4) is 0 Å². The van der Waals surface area contributed by atoms with Crippen LogP contribution in [-0.2, 0) is 28.6 Å². The first-order chi connectivity index (χ1) is 29.5. The quantitative estimate of drug-likeness (QED) is 0.0264. The second-order valence-electron chi connectivity index (χ2n) is 15.8. The lowest BCUT2D eigenvalue weighted by molar-refractivity contribution is -0.167. The van der Waals surface area contributed by atoms with Crippen LogP contribution in [0.25, 0.3) is 0 Å². The Morgan fingerprint density at radius 2 is 0.683 bits per heavy atom. The predicted octanol–water partition coefficient (Wildman–Crippen LogP) is 15.8. The Balaban J connectivity index is 4.43. The molecule has 1 unspecified atom stereocenters. The zero-order valence-corrected chi connectivity index (χ0v) is 38.7. The number of carbonyl (C=O) groups excluding carboxylic acids is 3. The Labute approximate surface area is 368 Å². The molecule has 6 nitrogen and oxygen atoms in total. The molecule has 0 N–H and O–H groups in total. The zero-order valence-electron chi connectivity index (χ0n) is 38.7. The van der Waals surface area contributed by atoms with Crippen LogP contribution in [0.3, 0.4) is 0 Å². The molecule has 60 heavy (non-hydrogen) atoms. The molecule has 340 valence electrons. The summed E-state index contributed by atoms with van der Waals surface area (Å²) in [5.41, 5.74) is 0. The summed E-state index contributed by atoms with van der Waals surface area (Å²) in [6.45, 7) is 6.35. The summed E-state index contributed by atoms with van der Waals surface area (Å²) >= 11 is 0. The molecular weight excluding hydrogens is 745 g/mol. The van der Waals surface area contributed by atoms with Gasteiger partial charge in [-0.25, -0.2) is 0 Å². The third-order valence-corrected chi connectivity index (χ3v) is 9.99. The van der Waals surface area contributed by atoms with Gasteiger partial charge in [0, 0.05) is 19.3 Å². The van der Waals surface area contributed by atoms with Crippen LogP contribution in [0.1, 0.15) is 207 Å². The van der Waals surface area contributed by atoms with Crippen molar-refractivity contribution in [3.05, 3.63) is 97.2 Å². The number of hydrogen-bond acceptors (Lipinski definition) is 6. The van der Waals surface area contributed by atoms with Gasteiger partial charge >= 0.3 is 17.9 Å². The molecule has 0 aliphatic carbocycles. The number of carbonyl (C=O) groups is 3. The van der Waals surface area contributed by atoms with Gasteiger partial charge < -0.3 is 14.2 Å². The molecule has 0 amide bonds. The monoisotopic (exact) mass is 833 g/mol. The lowest BCUT2D eigenvalue weighted by Crippen LogP contribution is -2.30. The first-order valence-electron chi connectivity index (χ1n) is 24.3. The standard InChI is InChI=1S/C54H88O6/c1-4-7-10-13-16-19-21-23-25-26-27-29-30-32-35-38-41-44-47-53(56)59-50-51(49-58-52(55)46-43-40-37-34-18-15-12-9-6-3)60-54(57)48-45-42-39-36-33-31-28-24-22-20-17-14-11-8-5-2/h8,10-11,13-14,16-17,19-23,25-27,29,51H,4-7,9,12,15,18,24,28,30-50H2,1-3H3/b11-8-,13-10-,17-14-,19-16-,22-20-,23-21-,26-25-,29-27-. The Morgan fingerprint density at radius 3 is 1.08 bits per heavy atom. The van der Waals surface area contributed by atoms with Gasteiger partial charge in [0.25, 0.3) is 0 Å². The van der Waals surface area contributed by atoms with E-state index < -0.39 is 6.10 Å². The van der Waals surface area contributed by atoms with Crippen molar-refractivity contribution in [2.75, 3.05) is 13.2 Å². The normalized spacial score (nSPS) is 12.9. The van der Waals surface area contributed by atoms with Crippen LogP contribution >= 0.6 is 0 Å². The van der Waals surface area contributed by atoms with E-state index in [-0.39, 0.29) is 31.1 Å².